The SMILES string of the molecule is CCOC(=O)C(=O)C1CS(O)(O)c2cccc(OC)c2C1=O. The van der Waals surface area contributed by atoms with E-state index in [1.807, 2.05) is 0 Å². The predicted octanol–water partition coefficient (Wildman–Crippen LogP) is 1.75. The largest absolute Gasteiger partial charge is 0.496 e. The number of benzene rings is 1. The summed E-state index contributed by atoms with van der Waals surface area (Å²) in [6.07, 6.45) is 0. The summed E-state index contributed by atoms with van der Waals surface area (Å²) in [7, 11) is -2.05. The Morgan fingerprint density at radius 1 is 1.36 bits per heavy atom. The van der Waals surface area contributed by atoms with Crippen molar-refractivity contribution in [3.05, 3.63) is 23.8 Å². The summed E-state index contributed by atoms with van der Waals surface area (Å²) in [6, 6.07) is 4.40. The molecule has 0 saturated heterocycles. The highest BCUT2D eigenvalue weighted by molar-refractivity contribution is 8.24. The van der Waals surface area contributed by atoms with E-state index in [0.29, 0.717) is 0 Å². The number of carbonyl (C=O) groups is 3. The molecule has 1 heterocycles. The van der Waals surface area contributed by atoms with Crippen molar-refractivity contribution in [1.29, 1.82) is 0 Å². The van der Waals surface area contributed by atoms with Gasteiger partial charge in [-0.15, -0.1) is 0 Å². The fourth-order valence-corrected chi connectivity index (χ4v) is 4.08. The van der Waals surface area contributed by atoms with E-state index in [1.165, 1.54) is 32.2 Å². The van der Waals surface area contributed by atoms with Crippen LogP contribution in [-0.2, 0) is 14.3 Å². The maximum Gasteiger partial charge on any atom is 0.375 e. The summed E-state index contributed by atoms with van der Waals surface area (Å²) in [6.45, 7) is 1.52. The third kappa shape index (κ3) is 2.72. The van der Waals surface area contributed by atoms with E-state index < -0.39 is 39.8 Å². The van der Waals surface area contributed by atoms with Crippen LogP contribution in [0, 0.1) is 5.92 Å². The molecule has 0 aliphatic carbocycles. The first-order valence-electron chi connectivity index (χ1n) is 6.51. The molecule has 120 valence electrons. The highest BCUT2D eigenvalue weighted by atomic mass is 32.3. The normalized spacial score (nSPS) is 20.7. The molecule has 0 amide bonds. The van der Waals surface area contributed by atoms with E-state index in [4.69, 9.17) is 4.74 Å². The van der Waals surface area contributed by atoms with Crippen LogP contribution in [0.1, 0.15) is 17.3 Å². The lowest BCUT2D eigenvalue weighted by Crippen LogP contribution is -2.39. The Morgan fingerprint density at radius 3 is 2.64 bits per heavy atom. The number of ketones is 2. The van der Waals surface area contributed by atoms with Crippen molar-refractivity contribution in [2.75, 3.05) is 19.5 Å². The van der Waals surface area contributed by atoms with Gasteiger partial charge in [0.2, 0.25) is 0 Å². The molecule has 2 rings (SSSR count). The van der Waals surface area contributed by atoms with Gasteiger partial charge >= 0.3 is 5.97 Å². The van der Waals surface area contributed by atoms with Crippen LogP contribution in [0.2, 0.25) is 0 Å². The topological polar surface area (TPSA) is 110 Å². The van der Waals surface area contributed by atoms with Crippen molar-refractivity contribution >= 4 is 28.1 Å². The summed E-state index contributed by atoms with van der Waals surface area (Å²) < 4.78 is 30.1. The number of methoxy groups -OCH3 is 1. The van der Waals surface area contributed by atoms with Gasteiger partial charge in [0.25, 0.3) is 5.78 Å². The molecule has 1 aromatic rings. The first-order valence-corrected chi connectivity index (χ1v) is 8.23. The van der Waals surface area contributed by atoms with Gasteiger partial charge in [-0.25, -0.2) is 4.79 Å². The number of ether oxygens (including phenoxy) is 2. The number of fused-ring (bicyclic) bond motifs is 1. The molecule has 8 heteroatoms. The standard InChI is InChI=1S/C14H16O7S/c1-3-21-14(17)13(16)8-7-22(18,19)10-6-4-5-9(20-2)11(10)12(8)15/h4-6,8,18-19H,3,7H2,1-2H3. The Morgan fingerprint density at radius 2 is 2.05 bits per heavy atom. The van der Waals surface area contributed by atoms with Crippen molar-refractivity contribution in [3.8, 4) is 5.75 Å². The summed E-state index contributed by atoms with van der Waals surface area (Å²) in [5, 5.41) is 0. The van der Waals surface area contributed by atoms with Gasteiger partial charge in [0, 0.05) is 0 Å². The van der Waals surface area contributed by atoms with Crippen LogP contribution < -0.4 is 4.74 Å². The van der Waals surface area contributed by atoms with Crippen molar-refractivity contribution in [2.45, 2.75) is 11.8 Å². The van der Waals surface area contributed by atoms with Gasteiger partial charge in [-0.05, 0) is 19.1 Å². The molecule has 7 nitrogen and oxygen atoms in total. The summed E-state index contributed by atoms with van der Waals surface area (Å²) >= 11 is 0. The van der Waals surface area contributed by atoms with Gasteiger partial charge in [-0.2, -0.15) is 10.6 Å². The van der Waals surface area contributed by atoms with E-state index in [9.17, 15) is 23.5 Å². The Bertz CT molecular complexity index is 638. The highest BCUT2D eigenvalue weighted by Gasteiger charge is 2.44. The van der Waals surface area contributed by atoms with Gasteiger partial charge < -0.3 is 9.47 Å². The zero-order chi connectivity index (χ0) is 16.5. The molecule has 1 aliphatic rings. The Labute approximate surface area is 128 Å². The molecule has 0 bridgehead atoms. The second-order valence-corrected chi connectivity index (χ2v) is 6.78. The Kier molecular flexibility index (Phi) is 4.55. The average molecular weight is 328 g/mol. The minimum atomic E-state index is -3.38. The Hall–Kier alpha value is -1.90. The fraction of sp³-hybridized carbons (Fsp3) is 0.357. The van der Waals surface area contributed by atoms with Crippen molar-refractivity contribution in [2.24, 2.45) is 5.92 Å². The van der Waals surface area contributed by atoms with Gasteiger partial charge in [0.1, 0.15) is 11.7 Å². The second-order valence-electron chi connectivity index (χ2n) is 4.67. The van der Waals surface area contributed by atoms with Crippen LogP contribution in [0.25, 0.3) is 0 Å². The van der Waals surface area contributed by atoms with Crippen LogP contribution in [-0.4, -0.2) is 46.1 Å². The fourth-order valence-electron chi connectivity index (χ4n) is 2.31. The van der Waals surface area contributed by atoms with E-state index in [0.717, 1.165) is 0 Å². The van der Waals surface area contributed by atoms with Crippen LogP contribution in [0.15, 0.2) is 23.1 Å². The van der Waals surface area contributed by atoms with Crippen LogP contribution >= 0.6 is 10.6 Å². The monoisotopic (exact) mass is 328 g/mol. The van der Waals surface area contributed by atoms with E-state index >= 15 is 0 Å². The molecule has 0 radical (unpaired) electrons. The second kappa shape index (κ2) is 6.07. The highest BCUT2D eigenvalue weighted by Crippen LogP contribution is 2.56. The smallest absolute Gasteiger partial charge is 0.375 e. The number of carbonyl (C=O) groups excluding carboxylic acids is 3. The van der Waals surface area contributed by atoms with Crippen molar-refractivity contribution in [3.63, 3.8) is 0 Å². The number of Topliss-reactive ketones (excluding diaryl/α,β-unsaturated/α-hetero) is 2. The van der Waals surface area contributed by atoms with Gasteiger partial charge in [0.05, 0.1) is 29.9 Å². The zero-order valence-electron chi connectivity index (χ0n) is 12.1. The first kappa shape index (κ1) is 16.5. The predicted molar refractivity (Wildman–Crippen MR) is 78.4 cm³/mol. The molecule has 0 aromatic heterocycles. The number of hydrogen-bond donors (Lipinski definition) is 2. The maximum absolute atomic E-state index is 12.5. The lowest BCUT2D eigenvalue weighted by atomic mass is 9.94. The molecule has 0 spiro atoms. The van der Waals surface area contributed by atoms with Crippen LogP contribution in [0.3, 0.4) is 0 Å². The lowest BCUT2D eigenvalue weighted by molar-refractivity contribution is -0.154. The van der Waals surface area contributed by atoms with E-state index in [1.54, 1.807) is 0 Å². The third-order valence-corrected chi connectivity index (χ3v) is 5.16. The van der Waals surface area contributed by atoms with Crippen molar-refractivity contribution in [1.82, 2.24) is 0 Å². The van der Waals surface area contributed by atoms with Crippen LogP contribution in [0.4, 0.5) is 0 Å². The molecular formula is C14H16O7S. The van der Waals surface area contributed by atoms with E-state index in [-0.39, 0.29) is 22.8 Å². The van der Waals surface area contributed by atoms with Gasteiger partial charge in [-0.3, -0.25) is 18.7 Å². The third-order valence-electron chi connectivity index (χ3n) is 3.32. The molecule has 2 N–H and O–H groups in total. The molecule has 1 aromatic carbocycles. The number of hydrogen-bond acceptors (Lipinski definition) is 7. The zero-order valence-corrected chi connectivity index (χ0v) is 12.9. The van der Waals surface area contributed by atoms with Crippen molar-refractivity contribution < 1.29 is 33.0 Å². The van der Waals surface area contributed by atoms with Crippen LogP contribution in [0.5, 0.6) is 5.75 Å². The molecule has 1 aliphatic heterocycles. The van der Waals surface area contributed by atoms with Gasteiger partial charge in [0.15, 0.2) is 5.78 Å². The molecule has 22 heavy (non-hydrogen) atoms. The minimum Gasteiger partial charge on any atom is -0.496 e. The first-order chi connectivity index (χ1) is 10.3. The number of rotatable bonds is 4. The quantitative estimate of drug-likeness (QED) is 0.492. The number of esters is 1. The average Bonchev–Trinajstić information content (AvgIpc) is 2.49. The molecule has 0 fully saturated rings. The molecule has 1 atom stereocenters. The summed E-state index contributed by atoms with van der Waals surface area (Å²) in [5.41, 5.74) is -0.0705. The molecule has 1 unspecified atom stereocenters. The summed E-state index contributed by atoms with van der Waals surface area (Å²) in [4.78, 5) is 36.2. The minimum absolute atomic E-state index is 0.0123. The lowest BCUT2D eigenvalue weighted by Gasteiger charge is -2.40. The van der Waals surface area contributed by atoms with Gasteiger partial charge in [-0.1, -0.05) is 6.07 Å². The Balaban J connectivity index is 2.49. The summed E-state index contributed by atoms with van der Waals surface area (Å²) in [5.74, 6) is -4.78. The molecule has 0 saturated carbocycles. The maximum atomic E-state index is 12.5. The molecular weight excluding hydrogens is 312 g/mol. The van der Waals surface area contributed by atoms with E-state index in [2.05, 4.69) is 4.74 Å².